The molecular weight excluding hydrogens is 294 g/mol. The number of nitrogens with zero attached hydrogens (tertiary/aromatic N) is 1. The van der Waals surface area contributed by atoms with E-state index in [-0.39, 0.29) is 5.91 Å². The van der Waals surface area contributed by atoms with Crippen molar-refractivity contribution in [2.75, 3.05) is 19.0 Å². The average molecular weight is 313 g/mol. The number of carbonyl (C=O) groups excluding carboxylic acids is 2. The maximum Gasteiger partial charge on any atom is 0.337 e. The quantitative estimate of drug-likeness (QED) is 0.603. The maximum absolute atomic E-state index is 11.8. The number of anilines is 1. The van der Waals surface area contributed by atoms with Gasteiger partial charge in [0, 0.05) is 31.4 Å². The summed E-state index contributed by atoms with van der Waals surface area (Å²) in [5.74, 6) is -0.495. The smallest absolute Gasteiger partial charge is 0.337 e. The highest BCUT2D eigenvalue weighted by atomic mass is 16.5. The molecule has 23 heavy (non-hydrogen) atoms. The first-order valence-corrected chi connectivity index (χ1v) is 7.28. The van der Waals surface area contributed by atoms with Crippen LogP contribution in [-0.4, -0.2) is 30.5 Å². The van der Waals surface area contributed by atoms with Crippen molar-refractivity contribution >= 4 is 17.6 Å². The minimum absolute atomic E-state index is 0.0932. The zero-order chi connectivity index (χ0) is 16.5. The normalized spacial score (nSPS) is 10.1. The summed E-state index contributed by atoms with van der Waals surface area (Å²) >= 11 is 0. The van der Waals surface area contributed by atoms with Gasteiger partial charge in [-0.1, -0.05) is 6.07 Å². The van der Waals surface area contributed by atoms with Gasteiger partial charge in [0.2, 0.25) is 5.91 Å². The van der Waals surface area contributed by atoms with E-state index in [1.54, 1.807) is 30.5 Å². The van der Waals surface area contributed by atoms with Crippen LogP contribution in [0.2, 0.25) is 0 Å². The number of aromatic nitrogens is 1. The molecule has 1 amide bonds. The Kier molecular flexibility index (Phi) is 6.26. The number of esters is 1. The summed E-state index contributed by atoms with van der Waals surface area (Å²) in [6, 6.07) is 12.3. The summed E-state index contributed by atoms with van der Waals surface area (Å²) in [5, 5.41) is 5.94. The molecule has 6 heteroatoms. The molecule has 2 aromatic rings. The van der Waals surface area contributed by atoms with Crippen LogP contribution in [0.4, 0.5) is 5.69 Å². The molecule has 0 bridgehead atoms. The summed E-state index contributed by atoms with van der Waals surface area (Å²) in [6.07, 6.45) is 2.09. The second-order valence-corrected chi connectivity index (χ2v) is 4.86. The van der Waals surface area contributed by atoms with Crippen LogP contribution < -0.4 is 10.6 Å². The number of carbonyl (C=O) groups is 2. The van der Waals surface area contributed by atoms with Crippen LogP contribution in [0, 0.1) is 0 Å². The van der Waals surface area contributed by atoms with Gasteiger partial charge >= 0.3 is 5.97 Å². The molecule has 1 aromatic carbocycles. The lowest BCUT2D eigenvalue weighted by atomic mass is 10.2. The number of amides is 1. The minimum atomic E-state index is -0.401. The van der Waals surface area contributed by atoms with Crippen molar-refractivity contribution in [3.05, 3.63) is 59.9 Å². The Hall–Kier alpha value is -2.73. The molecule has 0 saturated carbocycles. The van der Waals surface area contributed by atoms with Crippen LogP contribution >= 0.6 is 0 Å². The largest absolute Gasteiger partial charge is 0.465 e. The number of ether oxygens (including phenoxy) is 1. The minimum Gasteiger partial charge on any atom is -0.465 e. The summed E-state index contributed by atoms with van der Waals surface area (Å²) in [6.45, 7) is 1.19. The molecular formula is C17H19N3O3. The number of benzene rings is 1. The van der Waals surface area contributed by atoms with E-state index in [9.17, 15) is 9.59 Å². The summed E-state index contributed by atoms with van der Waals surface area (Å²) in [4.78, 5) is 27.3. The Morgan fingerprint density at radius 2 is 1.91 bits per heavy atom. The maximum atomic E-state index is 11.8. The third-order valence-corrected chi connectivity index (χ3v) is 3.15. The van der Waals surface area contributed by atoms with Gasteiger partial charge in [-0.05, 0) is 36.4 Å². The Morgan fingerprint density at radius 3 is 2.57 bits per heavy atom. The van der Waals surface area contributed by atoms with Gasteiger partial charge in [0.15, 0.2) is 0 Å². The first kappa shape index (κ1) is 16.6. The molecule has 0 saturated heterocycles. The fourth-order valence-electron chi connectivity index (χ4n) is 1.95. The molecule has 0 unspecified atom stereocenters. The second kappa shape index (κ2) is 8.65. The third kappa shape index (κ3) is 5.52. The predicted octanol–water partition coefficient (Wildman–Crippen LogP) is 1.99. The van der Waals surface area contributed by atoms with Crippen LogP contribution in [0.5, 0.6) is 0 Å². The monoisotopic (exact) mass is 313 g/mol. The summed E-state index contributed by atoms with van der Waals surface area (Å²) < 4.78 is 4.62. The van der Waals surface area contributed by atoms with E-state index >= 15 is 0 Å². The number of nitrogens with one attached hydrogen (secondary N) is 2. The van der Waals surface area contributed by atoms with Gasteiger partial charge in [-0.3, -0.25) is 9.78 Å². The standard InChI is InChI=1S/C17H19N3O3/c1-23-17(22)13-5-7-14(8-6-13)20-16(21)9-11-18-12-15-4-2-3-10-19-15/h2-8,10,18H,9,11-12H2,1H3,(H,20,21). The predicted molar refractivity (Wildman–Crippen MR) is 87.0 cm³/mol. The lowest BCUT2D eigenvalue weighted by molar-refractivity contribution is -0.116. The van der Waals surface area contributed by atoms with Gasteiger partial charge in [0.05, 0.1) is 18.4 Å². The molecule has 120 valence electrons. The number of hydrogen-bond acceptors (Lipinski definition) is 5. The first-order valence-electron chi connectivity index (χ1n) is 7.28. The lowest BCUT2D eigenvalue weighted by Gasteiger charge is -2.07. The van der Waals surface area contributed by atoms with Crippen molar-refractivity contribution in [3.63, 3.8) is 0 Å². The molecule has 2 N–H and O–H groups in total. The van der Waals surface area contributed by atoms with E-state index < -0.39 is 5.97 Å². The van der Waals surface area contributed by atoms with E-state index in [0.29, 0.717) is 30.8 Å². The zero-order valence-corrected chi connectivity index (χ0v) is 12.9. The molecule has 0 aliphatic heterocycles. The molecule has 6 nitrogen and oxygen atoms in total. The van der Waals surface area contributed by atoms with Crippen molar-refractivity contribution in [3.8, 4) is 0 Å². The Labute approximate surface area is 134 Å². The van der Waals surface area contributed by atoms with Gasteiger partial charge in [0.25, 0.3) is 0 Å². The van der Waals surface area contributed by atoms with E-state index in [1.165, 1.54) is 7.11 Å². The highest BCUT2D eigenvalue weighted by Crippen LogP contribution is 2.10. The van der Waals surface area contributed by atoms with Gasteiger partial charge in [0.1, 0.15) is 0 Å². The van der Waals surface area contributed by atoms with Crippen LogP contribution in [0.25, 0.3) is 0 Å². The SMILES string of the molecule is COC(=O)c1ccc(NC(=O)CCNCc2ccccn2)cc1. The number of pyridine rings is 1. The average Bonchev–Trinajstić information content (AvgIpc) is 2.59. The summed E-state index contributed by atoms with van der Waals surface area (Å²) in [7, 11) is 1.33. The van der Waals surface area contributed by atoms with Crippen LogP contribution in [0.15, 0.2) is 48.7 Å². The molecule has 1 heterocycles. The Morgan fingerprint density at radius 1 is 1.13 bits per heavy atom. The molecule has 0 atom stereocenters. The zero-order valence-electron chi connectivity index (χ0n) is 12.9. The number of methoxy groups -OCH3 is 1. The number of hydrogen-bond donors (Lipinski definition) is 2. The molecule has 1 aromatic heterocycles. The van der Waals surface area contributed by atoms with Crippen LogP contribution in [0.3, 0.4) is 0 Å². The van der Waals surface area contributed by atoms with Crippen molar-refractivity contribution in [1.29, 1.82) is 0 Å². The molecule has 0 aliphatic carbocycles. The van der Waals surface area contributed by atoms with Crippen LogP contribution in [0.1, 0.15) is 22.5 Å². The van der Waals surface area contributed by atoms with Crippen molar-refractivity contribution in [2.45, 2.75) is 13.0 Å². The first-order chi connectivity index (χ1) is 11.2. The van der Waals surface area contributed by atoms with Gasteiger partial charge in [-0.25, -0.2) is 4.79 Å². The molecule has 0 spiro atoms. The van der Waals surface area contributed by atoms with E-state index in [4.69, 9.17) is 0 Å². The van der Waals surface area contributed by atoms with Crippen molar-refractivity contribution in [1.82, 2.24) is 10.3 Å². The molecule has 0 fully saturated rings. The lowest BCUT2D eigenvalue weighted by Crippen LogP contribution is -2.21. The summed E-state index contributed by atoms with van der Waals surface area (Å²) in [5.41, 5.74) is 2.03. The third-order valence-electron chi connectivity index (χ3n) is 3.15. The fourth-order valence-corrected chi connectivity index (χ4v) is 1.95. The van der Waals surface area contributed by atoms with E-state index in [0.717, 1.165) is 5.69 Å². The van der Waals surface area contributed by atoms with E-state index in [1.807, 2.05) is 18.2 Å². The van der Waals surface area contributed by atoms with Gasteiger partial charge < -0.3 is 15.4 Å². The van der Waals surface area contributed by atoms with Crippen molar-refractivity contribution < 1.29 is 14.3 Å². The highest BCUT2D eigenvalue weighted by molar-refractivity contribution is 5.93. The van der Waals surface area contributed by atoms with E-state index in [2.05, 4.69) is 20.4 Å². The highest BCUT2D eigenvalue weighted by Gasteiger charge is 2.06. The van der Waals surface area contributed by atoms with Gasteiger partial charge in [-0.2, -0.15) is 0 Å². The second-order valence-electron chi connectivity index (χ2n) is 4.86. The van der Waals surface area contributed by atoms with Crippen LogP contribution in [-0.2, 0) is 16.1 Å². The molecule has 2 rings (SSSR count). The number of rotatable bonds is 7. The molecule has 0 aliphatic rings. The molecule has 0 radical (unpaired) electrons. The van der Waals surface area contributed by atoms with Gasteiger partial charge in [-0.15, -0.1) is 0 Å². The Balaban J connectivity index is 1.71. The fraction of sp³-hybridized carbons (Fsp3) is 0.235. The topological polar surface area (TPSA) is 80.3 Å². The van der Waals surface area contributed by atoms with Crippen molar-refractivity contribution in [2.24, 2.45) is 0 Å². The Bertz CT molecular complexity index is 642.